The molecule has 0 aliphatic heterocycles. The molecule has 0 saturated carbocycles. The molecule has 0 spiro atoms. The average Bonchev–Trinajstić information content (AvgIpc) is 2.70. The van der Waals surface area contributed by atoms with Crippen molar-refractivity contribution in [1.29, 1.82) is 0 Å². The molecule has 0 aliphatic carbocycles. The van der Waals surface area contributed by atoms with E-state index in [1.807, 2.05) is 10.9 Å². The van der Waals surface area contributed by atoms with Gasteiger partial charge in [-0.2, -0.15) is 0 Å². The zero-order valence-corrected chi connectivity index (χ0v) is 10.9. The van der Waals surface area contributed by atoms with Gasteiger partial charge in [0.2, 0.25) is 0 Å². The lowest BCUT2D eigenvalue weighted by Gasteiger charge is -2.10. The van der Waals surface area contributed by atoms with E-state index >= 15 is 0 Å². The summed E-state index contributed by atoms with van der Waals surface area (Å²) in [5.41, 5.74) is 1.03. The number of nitrogens with one attached hydrogen (secondary N) is 1. The zero-order valence-electron chi connectivity index (χ0n) is 10.9. The van der Waals surface area contributed by atoms with Crippen LogP contribution in [0.15, 0.2) is 6.20 Å². The van der Waals surface area contributed by atoms with Gasteiger partial charge in [-0.05, 0) is 5.92 Å². The second kappa shape index (κ2) is 6.63. The van der Waals surface area contributed by atoms with Gasteiger partial charge >= 0.3 is 0 Å². The predicted molar refractivity (Wildman–Crippen MR) is 66.1 cm³/mol. The fourth-order valence-corrected chi connectivity index (χ4v) is 1.63. The number of hydrogen-bond acceptors (Lipinski definition) is 3. The molecule has 4 heteroatoms. The van der Waals surface area contributed by atoms with Crippen molar-refractivity contribution in [3.8, 4) is 0 Å². The van der Waals surface area contributed by atoms with Crippen LogP contribution in [0.3, 0.4) is 0 Å². The Bertz CT molecular complexity index is 289. The topological polar surface area (TPSA) is 42.7 Å². The van der Waals surface area contributed by atoms with E-state index in [1.165, 1.54) is 12.8 Å². The Morgan fingerprint density at radius 1 is 1.31 bits per heavy atom. The van der Waals surface area contributed by atoms with Crippen LogP contribution in [0.25, 0.3) is 0 Å². The van der Waals surface area contributed by atoms with Gasteiger partial charge in [-0.3, -0.25) is 4.68 Å². The maximum Gasteiger partial charge on any atom is 0.0964 e. The summed E-state index contributed by atoms with van der Waals surface area (Å²) in [4.78, 5) is 0. The molecule has 4 nitrogen and oxygen atoms in total. The highest BCUT2D eigenvalue weighted by Gasteiger charge is 2.07. The van der Waals surface area contributed by atoms with E-state index < -0.39 is 0 Å². The van der Waals surface area contributed by atoms with Gasteiger partial charge in [0.05, 0.1) is 5.69 Å². The summed E-state index contributed by atoms with van der Waals surface area (Å²) in [5, 5.41) is 11.7. The summed E-state index contributed by atoms with van der Waals surface area (Å²) < 4.78 is 1.97. The molecule has 1 aromatic rings. The standard InChI is InChI=1S/C12H24N4/c1-5-11(6-2)8-16-9-12(14-15-16)7-13-10(3)4/h9-11,13H,5-8H2,1-4H3. The van der Waals surface area contributed by atoms with Crippen LogP contribution in [0.5, 0.6) is 0 Å². The minimum absolute atomic E-state index is 0.490. The van der Waals surface area contributed by atoms with Crippen molar-refractivity contribution in [1.82, 2.24) is 20.3 Å². The third kappa shape index (κ3) is 4.31. The molecule has 92 valence electrons. The summed E-state index contributed by atoms with van der Waals surface area (Å²) in [7, 11) is 0. The Morgan fingerprint density at radius 3 is 2.56 bits per heavy atom. The summed E-state index contributed by atoms with van der Waals surface area (Å²) in [6, 6.07) is 0.490. The molecule has 0 atom stereocenters. The quantitative estimate of drug-likeness (QED) is 0.772. The van der Waals surface area contributed by atoms with Crippen LogP contribution in [-0.2, 0) is 13.1 Å². The van der Waals surface area contributed by atoms with E-state index in [2.05, 4.69) is 43.3 Å². The molecule has 1 heterocycles. The minimum Gasteiger partial charge on any atom is -0.309 e. The van der Waals surface area contributed by atoms with Crippen LogP contribution in [0.1, 0.15) is 46.2 Å². The summed E-state index contributed by atoms with van der Waals surface area (Å²) in [6.07, 6.45) is 4.46. The van der Waals surface area contributed by atoms with E-state index in [0.717, 1.165) is 18.8 Å². The fraction of sp³-hybridized carbons (Fsp3) is 0.833. The van der Waals surface area contributed by atoms with Crippen molar-refractivity contribution in [2.45, 2.75) is 59.7 Å². The molecule has 0 aromatic carbocycles. The first-order valence-electron chi connectivity index (χ1n) is 6.28. The number of hydrogen-bond donors (Lipinski definition) is 1. The second-order valence-corrected chi connectivity index (χ2v) is 4.65. The second-order valence-electron chi connectivity index (χ2n) is 4.65. The largest absolute Gasteiger partial charge is 0.309 e. The van der Waals surface area contributed by atoms with Gasteiger partial charge in [0.1, 0.15) is 0 Å². The van der Waals surface area contributed by atoms with E-state index in [-0.39, 0.29) is 0 Å². The molecular weight excluding hydrogens is 200 g/mol. The highest BCUT2D eigenvalue weighted by Crippen LogP contribution is 2.09. The van der Waals surface area contributed by atoms with Gasteiger partial charge in [0.25, 0.3) is 0 Å². The first-order valence-corrected chi connectivity index (χ1v) is 6.28. The molecule has 0 unspecified atom stereocenters. The molecule has 1 rings (SSSR count). The van der Waals surface area contributed by atoms with Gasteiger partial charge in [-0.1, -0.05) is 45.7 Å². The van der Waals surface area contributed by atoms with Crippen molar-refractivity contribution in [3.63, 3.8) is 0 Å². The SMILES string of the molecule is CCC(CC)Cn1cc(CNC(C)C)nn1. The third-order valence-electron chi connectivity index (χ3n) is 2.88. The van der Waals surface area contributed by atoms with E-state index in [4.69, 9.17) is 0 Å². The van der Waals surface area contributed by atoms with Crippen molar-refractivity contribution >= 4 is 0 Å². The molecule has 0 amide bonds. The lowest BCUT2D eigenvalue weighted by molar-refractivity contribution is 0.390. The first kappa shape index (κ1) is 13.2. The maximum absolute atomic E-state index is 4.16. The summed E-state index contributed by atoms with van der Waals surface area (Å²) >= 11 is 0. The average molecular weight is 224 g/mol. The fourth-order valence-electron chi connectivity index (χ4n) is 1.63. The van der Waals surface area contributed by atoms with Crippen molar-refractivity contribution in [2.75, 3.05) is 0 Å². The molecule has 16 heavy (non-hydrogen) atoms. The number of rotatable bonds is 7. The van der Waals surface area contributed by atoms with Crippen molar-refractivity contribution in [3.05, 3.63) is 11.9 Å². The summed E-state index contributed by atoms with van der Waals surface area (Å²) in [6.45, 7) is 10.5. The van der Waals surface area contributed by atoms with E-state index in [9.17, 15) is 0 Å². The molecule has 1 aromatic heterocycles. The molecule has 0 saturated heterocycles. The highest BCUT2D eigenvalue weighted by molar-refractivity contribution is 4.91. The Labute approximate surface area is 98.4 Å². The zero-order chi connectivity index (χ0) is 12.0. The van der Waals surface area contributed by atoms with Crippen LogP contribution in [0, 0.1) is 5.92 Å². The summed E-state index contributed by atoms with van der Waals surface area (Å²) in [5.74, 6) is 0.715. The monoisotopic (exact) mass is 224 g/mol. The molecule has 0 bridgehead atoms. The predicted octanol–water partition coefficient (Wildman–Crippen LogP) is 2.21. The van der Waals surface area contributed by atoms with Gasteiger partial charge < -0.3 is 5.32 Å². The normalized spacial score (nSPS) is 11.6. The van der Waals surface area contributed by atoms with E-state index in [0.29, 0.717) is 12.0 Å². The molecule has 0 aliphatic rings. The van der Waals surface area contributed by atoms with Crippen LogP contribution < -0.4 is 5.32 Å². The maximum atomic E-state index is 4.16. The Kier molecular flexibility index (Phi) is 5.46. The van der Waals surface area contributed by atoms with E-state index in [1.54, 1.807) is 0 Å². The minimum atomic E-state index is 0.490. The van der Waals surface area contributed by atoms with Crippen LogP contribution in [0.2, 0.25) is 0 Å². The van der Waals surface area contributed by atoms with Gasteiger partial charge in [0, 0.05) is 25.3 Å². The van der Waals surface area contributed by atoms with Crippen LogP contribution >= 0.6 is 0 Å². The molecule has 1 N–H and O–H groups in total. The lowest BCUT2D eigenvalue weighted by atomic mass is 10.0. The number of aromatic nitrogens is 3. The Hall–Kier alpha value is -0.900. The smallest absolute Gasteiger partial charge is 0.0964 e. The third-order valence-corrected chi connectivity index (χ3v) is 2.88. The molecule has 0 fully saturated rings. The van der Waals surface area contributed by atoms with Gasteiger partial charge in [0.15, 0.2) is 0 Å². The molecule has 0 radical (unpaired) electrons. The highest BCUT2D eigenvalue weighted by atomic mass is 15.4. The van der Waals surface area contributed by atoms with Crippen molar-refractivity contribution < 1.29 is 0 Å². The van der Waals surface area contributed by atoms with Crippen LogP contribution in [-0.4, -0.2) is 21.0 Å². The Balaban J connectivity index is 2.44. The lowest BCUT2D eigenvalue weighted by Crippen LogP contribution is -2.21. The number of nitrogens with zero attached hydrogens (tertiary/aromatic N) is 3. The molecular formula is C12H24N4. The van der Waals surface area contributed by atoms with Crippen molar-refractivity contribution in [2.24, 2.45) is 5.92 Å². The van der Waals surface area contributed by atoms with Gasteiger partial charge in [-0.25, -0.2) is 0 Å². The Morgan fingerprint density at radius 2 is 2.00 bits per heavy atom. The first-order chi connectivity index (χ1) is 7.65. The van der Waals surface area contributed by atoms with Crippen LogP contribution in [0.4, 0.5) is 0 Å². The van der Waals surface area contributed by atoms with Gasteiger partial charge in [-0.15, -0.1) is 5.10 Å².